The lowest BCUT2D eigenvalue weighted by atomic mass is 9.83. The van der Waals surface area contributed by atoms with Crippen LogP contribution in [0.25, 0.3) is 0 Å². The number of nitrogens with two attached hydrogens (primary N) is 1. The molecule has 0 bridgehead atoms. The second kappa shape index (κ2) is 6.81. The summed E-state index contributed by atoms with van der Waals surface area (Å²) in [5, 5.41) is -0.276. The molecular formula is C11H24N2O4S. The Morgan fingerprint density at radius 3 is 2.33 bits per heavy atom. The van der Waals surface area contributed by atoms with Crippen molar-refractivity contribution < 1.29 is 17.9 Å². The quantitative estimate of drug-likeness (QED) is 0.405. The van der Waals surface area contributed by atoms with Crippen LogP contribution >= 0.6 is 0 Å². The molecule has 1 saturated carbocycles. The Morgan fingerprint density at radius 2 is 1.89 bits per heavy atom. The molecule has 18 heavy (non-hydrogen) atoms. The van der Waals surface area contributed by atoms with E-state index in [4.69, 9.17) is 15.3 Å². The average Bonchev–Trinajstić information content (AvgIpc) is 2.35. The first-order chi connectivity index (χ1) is 8.43. The molecule has 0 amide bonds. The second-order valence-electron chi connectivity index (χ2n) is 4.91. The highest BCUT2D eigenvalue weighted by Gasteiger charge is 2.36. The third-order valence-corrected chi connectivity index (χ3v) is 5.37. The molecule has 7 heteroatoms. The van der Waals surface area contributed by atoms with E-state index in [1.54, 1.807) is 14.2 Å². The summed E-state index contributed by atoms with van der Waals surface area (Å²) in [4.78, 5) is 0. The fourth-order valence-electron chi connectivity index (χ4n) is 2.72. The minimum atomic E-state index is -2.99. The number of ether oxygens (including phenoxy) is 2. The van der Waals surface area contributed by atoms with E-state index >= 15 is 0 Å². The van der Waals surface area contributed by atoms with Gasteiger partial charge in [0, 0.05) is 20.5 Å². The maximum absolute atomic E-state index is 11.6. The van der Waals surface area contributed by atoms with Crippen LogP contribution in [0.4, 0.5) is 0 Å². The van der Waals surface area contributed by atoms with Crippen molar-refractivity contribution in [3.63, 3.8) is 0 Å². The number of hydrogen-bond acceptors (Lipinski definition) is 6. The predicted octanol–water partition coefficient (Wildman–Crippen LogP) is 0.0406. The Balaban J connectivity index is 2.75. The topological polar surface area (TPSA) is 90.7 Å². The van der Waals surface area contributed by atoms with Gasteiger partial charge in [-0.15, -0.1) is 0 Å². The highest BCUT2D eigenvalue weighted by molar-refractivity contribution is 7.91. The number of rotatable bonds is 6. The minimum Gasteiger partial charge on any atom is -0.354 e. The summed E-state index contributed by atoms with van der Waals surface area (Å²) in [7, 11) is 0.112. The second-order valence-corrected chi connectivity index (χ2v) is 7.24. The van der Waals surface area contributed by atoms with Gasteiger partial charge in [0.25, 0.3) is 0 Å². The van der Waals surface area contributed by atoms with E-state index in [0.717, 1.165) is 19.3 Å². The fraction of sp³-hybridized carbons (Fsp3) is 1.00. The molecule has 3 N–H and O–H groups in total. The van der Waals surface area contributed by atoms with E-state index in [1.807, 2.05) is 0 Å². The van der Waals surface area contributed by atoms with E-state index in [0.29, 0.717) is 6.42 Å². The SMILES string of the molecule is COC(OC)C(NN)C1CCCC(S(C)(=O)=O)C1. The summed E-state index contributed by atoms with van der Waals surface area (Å²) >= 11 is 0. The fourth-order valence-corrected chi connectivity index (χ4v) is 3.91. The smallest absolute Gasteiger partial charge is 0.173 e. The zero-order chi connectivity index (χ0) is 13.8. The molecule has 3 atom stereocenters. The molecule has 1 rings (SSSR count). The van der Waals surface area contributed by atoms with Gasteiger partial charge in [0.1, 0.15) is 9.84 Å². The Morgan fingerprint density at radius 1 is 1.28 bits per heavy atom. The van der Waals surface area contributed by atoms with Crippen LogP contribution in [-0.4, -0.2) is 46.5 Å². The van der Waals surface area contributed by atoms with Crippen molar-refractivity contribution in [2.45, 2.75) is 43.3 Å². The first kappa shape index (κ1) is 15.8. The third kappa shape index (κ3) is 3.89. The number of hydrogen-bond donors (Lipinski definition) is 2. The summed E-state index contributed by atoms with van der Waals surface area (Å²) in [6.45, 7) is 0. The van der Waals surface area contributed by atoms with Gasteiger partial charge < -0.3 is 9.47 Å². The highest BCUT2D eigenvalue weighted by atomic mass is 32.2. The van der Waals surface area contributed by atoms with Gasteiger partial charge in [0.05, 0.1) is 11.3 Å². The van der Waals surface area contributed by atoms with Crippen molar-refractivity contribution in [3.05, 3.63) is 0 Å². The summed E-state index contributed by atoms with van der Waals surface area (Å²) in [5.74, 6) is 5.70. The molecule has 0 saturated heterocycles. The molecule has 3 unspecified atom stereocenters. The van der Waals surface area contributed by atoms with Crippen LogP contribution < -0.4 is 11.3 Å². The Labute approximate surface area is 109 Å². The molecule has 6 nitrogen and oxygen atoms in total. The number of sulfone groups is 1. The van der Waals surface area contributed by atoms with Crippen LogP contribution in [0, 0.1) is 5.92 Å². The van der Waals surface area contributed by atoms with Crippen molar-refractivity contribution in [2.75, 3.05) is 20.5 Å². The van der Waals surface area contributed by atoms with Gasteiger partial charge in [-0.05, 0) is 25.2 Å². The molecule has 1 aliphatic rings. The van der Waals surface area contributed by atoms with E-state index in [9.17, 15) is 8.42 Å². The molecule has 0 aromatic carbocycles. The Hall–Kier alpha value is -0.210. The lowest BCUT2D eigenvalue weighted by Gasteiger charge is -2.36. The molecule has 0 spiro atoms. The molecule has 1 aliphatic carbocycles. The minimum absolute atomic E-state index is 0.147. The van der Waals surface area contributed by atoms with Crippen molar-refractivity contribution in [3.8, 4) is 0 Å². The van der Waals surface area contributed by atoms with Gasteiger partial charge in [-0.25, -0.2) is 8.42 Å². The van der Waals surface area contributed by atoms with Gasteiger partial charge in [-0.1, -0.05) is 6.42 Å². The largest absolute Gasteiger partial charge is 0.354 e. The summed E-state index contributed by atoms with van der Waals surface area (Å²) < 4.78 is 33.7. The van der Waals surface area contributed by atoms with Gasteiger partial charge in [-0.3, -0.25) is 11.3 Å². The predicted molar refractivity (Wildman–Crippen MR) is 69.5 cm³/mol. The molecular weight excluding hydrogens is 256 g/mol. The molecule has 0 aliphatic heterocycles. The highest BCUT2D eigenvalue weighted by Crippen LogP contribution is 2.32. The molecule has 1 fully saturated rings. The number of methoxy groups -OCH3 is 2. The number of nitrogens with one attached hydrogen (secondary N) is 1. The first-order valence-electron chi connectivity index (χ1n) is 6.14. The van der Waals surface area contributed by atoms with Crippen molar-refractivity contribution in [2.24, 2.45) is 11.8 Å². The lowest BCUT2D eigenvalue weighted by molar-refractivity contribution is -0.135. The van der Waals surface area contributed by atoms with Crippen LogP contribution in [-0.2, 0) is 19.3 Å². The maximum Gasteiger partial charge on any atom is 0.173 e. The average molecular weight is 280 g/mol. The summed E-state index contributed by atoms with van der Waals surface area (Å²) in [5.41, 5.74) is 2.70. The van der Waals surface area contributed by atoms with Crippen LogP contribution in [0.2, 0.25) is 0 Å². The zero-order valence-corrected chi connectivity index (χ0v) is 12.1. The lowest BCUT2D eigenvalue weighted by Crippen LogP contribution is -2.52. The van der Waals surface area contributed by atoms with Crippen molar-refractivity contribution in [1.82, 2.24) is 5.43 Å². The maximum atomic E-state index is 11.6. The molecule has 0 aromatic rings. The van der Waals surface area contributed by atoms with Gasteiger partial charge in [-0.2, -0.15) is 0 Å². The molecule has 0 aromatic heterocycles. The molecule has 0 radical (unpaired) electrons. The van der Waals surface area contributed by atoms with Crippen LogP contribution in [0.3, 0.4) is 0 Å². The standard InChI is InChI=1S/C11H24N2O4S/c1-16-11(17-2)10(13-12)8-5-4-6-9(7-8)18(3,14)15/h8-11,13H,4-7,12H2,1-3H3. The van der Waals surface area contributed by atoms with E-state index in [2.05, 4.69) is 5.43 Å². The van der Waals surface area contributed by atoms with E-state index in [1.165, 1.54) is 6.26 Å². The zero-order valence-electron chi connectivity index (χ0n) is 11.3. The van der Waals surface area contributed by atoms with Crippen LogP contribution in [0.5, 0.6) is 0 Å². The van der Waals surface area contributed by atoms with Crippen molar-refractivity contribution >= 4 is 9.84 Å². The van der Waals surface area contributed by atoms with Crippen LogP contribution in [0.15, 0.2) is 0 Å². The Kier molecular flexibility index (Phi) is 6.00. The van der Waals surface area contributed by atoms with Gasteiger partial charge >= 0.3 is 0 Å². The number of hydrazine groups is 1. The third-order valence-electron chi connectivity index (χ3n) is 3.73. The molecule has 108 valence electrons. The van der Waals surface area contributed by atoms with Gasteiger partial charge in [0.15, 0.2) is 6.29 Å². The van der Waals surface area contributed by atoms with E-state index in [-0.39, 0.29) is 17.2 Å². The van der Waals surface area contributed by atoms with E-state index < -0.39 is 16.1 Å². The molecule has 0 heterocycles. The summed E-state index contributed by atoms with van der Waals surface area (Å²) in [6.07, 6.45) is 4.01. The van der Waals surface area contributed by atoms with Gasteiger partial charge in [0.2, 0.25) is 0 Å². The van der Waals surface area contributed by atoms with Crippen molar-refractivity contribution in [1.29, 1.82) is 0 Å². The normalized spacial score (nSPS) is 27.4. The summed E-state index contributed by atoms with van der Waals surface area (Å²) in [6, 6.07) is -0.190. The first-order valence-corrected chi connectivity index (χ1v) is 8.10. The van der Waals surface area contributed by atoms with Crippen LogP contribution in [0.1, 0.15) is 25.7 Å². The monoisotopic (exact) mass is 280 g/mol. The Bertz CT molecular complexity index is 343.